The molecular formula is C27H33N5O3. The van der Waals surface area contributed by atoms with E-state index in [2.05, 4.69) is 44.2 Å². The Hall–Kier alpha value is -3.13. The zero-order valence-electron chi connectivity index (χ0n) is 20.2. The van der Waals surface area contributed by atoms with E-state index in [1.165, 1.54) is 5.56 Å². The van der Waals surface area contributed by atoms with Crippen LogP contribution in [-0.4, -0.2) is 45.3 Å². The van der Waals surface area contributed by atoms with Gasteiger partial charge in [0.05, 0.1) is 11.5 Å². The Labute approximate surface area is 205 Å². The third-order valence-electron chi connectivity index (χ3n) is 7.87. The predicted molar refractivity (Wildman–Crippen MR) is 134 cm³/mol. The number of aromatic nitrogens is 3. The number of hydrogen-bond donors (Lipinski definition) is 2. The first-order valence-electron chi connectivity index (χ1n) is 12.9. The lowest BCUT2D eigenvalue weighted by molar-refractivity contribution is -0.119. The standard InChI is InChI=1S/C27H33N5O3/c1-16(33)31-19-7-9-20(10-8-19)32-14-21(25-26(28)29-15-30-27(25)32)18-5-4-17-6-11-23(35-24(17)13-18)22-3-2-12-34-22/h4-5,13-15,19-20,22-23H,2-3,6-12H2,1H3,(H,31,33)(H2,28,29,30). The first-order valence-corrected chi connectivity index (χ1v) is 12.9. The number of anilines is 1. The molecule has 0 spiro atoms. The number of rotatable bonds is 4. The van der Waals surface area contributed by atoms with E-state index in [0.29, 0.717) is 11.9 Å². The molecule has 0 bridgehead atoms. The normalized spacial score (nSPS) is 26.3. The lowest BCUT2D eigenvalue weighted by atomic mass is 9.91. The van der Waals surface area contributed by atoms with E-state index in [9.17, 15) is 4.79 Å². The van der Waals surface area contributed by atoms with Crippen molar-refractivity contribution in [2.75, 3.05) is 12.3 Å². The molecule has 2 atom stereocenters. The summed E-state index contributed by atoms with van der Waals surface area (Å²) in [5, 5.41) is 3.96. The highest BCUT2D eigenvalue weighted by Gasteiger charge is 2.31. The van der Waals surface area contributed by atoms with E-state index in [1.807, 2.05) is 0 Å². The third-order valence-corrected chi connectivity index (χ3v) is 7.87. The van der Waals surface area contributed by atoms with Gasteiger partial charge in [-0.3, -0.25) is 4.79 Å². The van der Waals surface area contributed by atoms with Gasteiger partial charge in [0.2, 0.25) is 5.91 Å². The molecule has 1 aliphatic carbocycles. The molecule has 3 aliphatic rings. The maximum absolute atomic E-state index is 11.5. The van der Waals surface area contributed by atoms with E-state index in [-0.39, 0.29) is 24.2 Å². The monoisotopic (exact) mass is 475 g/mol. The largest absolute Gasteiger partial charge is 0.487 e. The molecule has 4 heterocycles. The second-order valence-corrected chi connectivity index (χ2v) is 10.2. The van der Waals surface area contributed by atoms with Crippen molar-refractivity contribution in [3.05, 3.63) is 36.3 Å². The van der Waals surface area contributed by atoms with Gasteiger partial charge in [-0.15, -0.1) is 0 Å². The van der Waals surface area contributed by atoms with E-state index in [4.69, 9.17) is 15.2 Å². The quantitative estimate of drug-likeness (QED) is 0.587. The minimum atomic E-state index is 0.0408. The number of benzene rings is 1. The number of carbonyl (C=O) groups excluding carboxylic acids is 1. The van der Waals surface area contributed by atoms with Gasteiger partial charge < -0.3 is 25.1 Å². The van der Waals surface area contributed by atoms with Crippen LogP contribution < -0.4 is 15.8 Å². The summed E-state index contributed by atoms with van der Waals surface area (Å²) in [7, 11) is 0. The fourth-order valence-corrected chi connectivity index (χ4v) is 6.11. The first-order chi connectivity index (χ1) is 17.1. The Balaban J connectivity index is 1.32. The number of amides is 1. The average molecular weight is 476 g/mol. The van der Waals surface area contributed by atoms with Crippen LogP contribution in [0.1, 0.15) is 63.5 Å². The second-order valence-electron chi connectivity index (χ2n) is 10.2. The number of ether oxygens (including phenoxy) is 2. The minimum Gasteiger partial charge on any atom is -0.487 e. The number of hydrogen-bond acceptors (Lipinski definition) is 6. The average Bonchev–Trinajstić information content (AvgIpc) is 3.53. The maximum atomic E-state index is 11.5. The highest BCUT2D eigenvalue weighted by atomic mass is 16.5. The molecule has 1 aromatic carbocycles. The van der Waals surface area contributed by atoms with Crippen LogP contribution in [0, 0.1) is 0 Å². The molecule has 8 nitrogen and oxygen atoms in total. The number of carbonyl (C=O) groups is 1. The van der Waals surface area contributed by atoms with Crippen LogP contribution >= 0.6 is 0 Å². The summed E-state index contributed by atoms with van der Waals surface area (Å²) >= 11 is 0. The first kappa shape index (κ1) is 22.3. The van der Waals surface area contributed by atoms with Crippen LogP contribution in [0.2, 0.25) is 0 Å². The molecule has 1 saturated carbocycles. The van der Waals surface area contributed by atoms with Gasteiger partial charge in [-0.25, -0.2) is 9.97 Å². The highest BCUT2D eigenvalue weighted by Crippen LogP contribution is 2.41. The molecular weight excluding hydrogens is 442 g/mol. The van der Waals surface area contributed by atoms with Gasteiger partial charge in [0.25, 0.3) is 0 Å². The van der Waals surface area contributed by atoms with E-state index >= 15 is 0 Å². The minimum absolute atomic E-state index is 0.0408. The van der Waals surface area contributed by atoms with E-state index in [1.54, 1.807) is 13.3 Å². The highest BCUT2D eigenvalue weighted by molar-refractivity contribution is 6.00. The van der Waals surface area contributed by atoms with Crippen LogP contribution in [0.5, 0.6) is 5.75 Å². The molecule has 184 valence electrons. The zero-order valence-corrected chi connectivity index (χ0v) is 20.2. The Morgan fingerprint density at radius 3 is 2.74 bits per heavy atom. The lowest BCUT2D eigenvalue weighted by Crippen LogP contribution is -2.36. The number of nitrogens with one attached hydrogen (secondary N) is 1. The van der Waals surface area contributed by atoms with Crippen LogP contribution in [0.15, 0.2) is 30.7 Å². The molecule has 2 fully saturated rings. The van der Waals surface area contributed by atoms with Crippen molar-refractivity contribution in [2.45, 2.75) is 82.6 Å². The van der Waals surface area contributed by atoms with Gasteiger partial charge in [-0.2, -0.15) is 0 Å². The summed E-state index contributed by atoms with van der Waals surface area (Å²) < 4.78 is 14.6. The van der Waals surface area contributed by atoms with Gasteiger partial charge >= 0.3 is 0 Å². The predicted octanol–water partition coefficient (Wildman–Crippen LogP) is 4.17. The van der Waals surface area contributed by atoms with Crippen molar-refractivity contribution in [3.63, 3.8) is 0 Å². The Morgan fingerprint density at radius 1 is 1.11 bits per heavy atom. The molecule has 0 radical (unpaired) electrons. The van der Waals surface area contributed by atoms with Crippen LogP contribution in [0.3, 0.4) is 0 Å². The van der Waals surface area contributed by atoms with E-state index < -0.39 is 0 Å². The van der Waals surface area contributed by atoms with Gasteiger partial charge in [0.1, 0.15) is 29.6 Å². The van der Waals surface area contributed by atoms with Gasteiger partial charge in [0, 0.05) is 37.4 Å². The molecule has 1 saturated heterocycles. The molecule has 8 heteroatoms. The SMILES string of the molecule is CC(=O)NC1CCC(n2cc(-c3ccc4c(c3)OC(C3CCCO3)CC4)c3c(N)ncnc32)CC1. The number of nitrogen functional groups attached to an aromatic ring is 1. The topological polar surface area (TPSA) is 104 Å². The molecule has 2 aliphatic heterocycles. The maximum Gasteiger partial charge on any atom is 0.217 e. The fourth-order valence-electron chi connectivity index (χ4n) is 6.11. The van der Waals surface area contributed by atoms with Gasteiger partial charge in [0.15, 0.2) is 0 Å². The van der Waals surface area contributed by atoms with Crippen molar-refractivity contribution in [3.8, 4) is 16.9 Å². The Bertz CT molecular complexity index is 1240. The van der Waals surface area contributed by atoms with Gasteiger partial charge in [-0.05, 0) is 68.6 Å². The molecule has 35 heavy (non-hydrogen) atoms. The summed E-state index contributed by atoms with van der Waals surface area (Å²) in [4.78, 5) is 20.4. The van der Waals surface area contributed by atoms with Crippen molar-refractivity contribution >= 4 is 22.8 Å². The van der Waals surface area contributed by atoms with Crippen molar-refractivity contribution < 1.29 is 14.3 Å². The number of nitrogens with two attached hydrogens (primary N) is 1. The number of nitrogens with zero attached hydrogens (tertiary/aromatic N) is 3. The number of fused-ring (bicyclic) bond motifs is 2. The summed E-state index contributed by atoms with van der Waals surface area (Å²) in [6.45, 7) is 2.42. The summed E-state index contributed by atoms with van der Waals surface area (Å²) in [6, 6.07) is 7.05. The van der Waals surface area contributed by atoms with Crippen LogP contribution in [0.25, 0.3) is 22.2 Å². The summed E-state index contributed by atoms with van der Waals surface area (Å²) in [5.41, 5.74) is 10.6. The number of aryl methyl sites for hydroxylation is 1. The summed E-state index contributed by atoms with van der Waals surface area (Å²) in [6.07, 6.45) is 12.1. The molecule has 2 aromatic heterocycles. The van der Waals surface area contributed by atoms with Gasteiger partial charge in [-0.1, -0.05) is 12.1 Å². The smallest absolute Gasteiger partial charge is 0.217 e. The molecule has 2 unspecified atom stereocenters. The summed E-state index contributed by atoms with van der Waals surface area (Å²) in [5.74, 6) is 1.48. The van der Waals surface area contributed by atoms with E-state index in [0.717, 1.165) is 85.9 Å². The molecule has 3 N–H and O–H groups in total. The fraction of sp³-hybridized carbons (Fsp3) is 0.519. The van der Waals surface area contributed by atoms with Crippen LogP contribution in [0.4, 0.5) is 5.82 Å². The van der Waals surface area contributed by atoms with Crippen molar-refractivity contribution in [2.24, 2.45) is 0 Å². The van der Waals surface area contributed by atoms with Crippen LogP contribution in [-0.2, 0) is 16.0 Å². The van der Waals surface area contributed by atoms with Crippen molar-refractivity contribution in [1.82, 2.24) is 19.9 Å². The molecule has 1 amide bonds. The lowest BCUT2D eigenvalue weighted by Gasteiger charge is -2.30. The second kappa shape index (κ2) is 9.15. The molecule has 6 rings (SSSR count). The third kappa shape index (κ3) is 4.24. The van der Waals surface area contributed by atoms with Crippen molar-refractivity contribution in [1.29, 1.82) is 0 Å². The molecule has 3 aromatic rings. The Kier molecular flexibility index (Phi) is 5.84. The zero-order chi connectivity index (χ0) is 23.9. The Morgan fingerprint density at radius 2 is 1.97 bits per heavy atom.